The van der Waals surface area contributed by atoms with Crippen molar-refractivity contribution in [1.82, 2.24) is 5.32 Å². The normalized spacial score (nSPS) is 15.1. The zero-order valence-corrected chi connectivity index (χ0v) is 14.4. The lowest BCUT2D eigenvalue weighted by molar-refractivity contribution is -0.123. The second kappa shape index (κ2) is 8.20. The number of halogens is 1. The molecule has 2 atom stereocenters. The van der Waals surface area contributed by atoms with Crippen LogP contribution in [-0.4, -0.2) is 23.8 Å². The van der Waals surface area contributed by atoms with E-state index in [0.29, 0.717) is 12.5 Å². The summed E-state index contributed by atoms with van der Waals surface area (Å²) in [6, 6.07) is 5.53. The maximum absolute atomic E-state index is 13.2. The quantitative estimate of drug-likeness (QED) is 0.723. The number of nitrogens with one attached hydrogen (secondary N) is 1. The molecule has 5 heteroatoms. The Morgan fingerprint density at radius 3 is 2.48 bits per heavy atom. The smallest absolute Gasteiger partial charge is 0.221 e. The minimum Gasteiger partial charge on any atom is -0.350 e. The van der Waals surface area contributed by atoms with E-state index < -0.39 is 17.3 Å². The number of rotatable bonds is 8. The minimum absolute atomic E-state index is 0.0586. The van der Waals surface area contributed by atoms with Gasteiger partial charge < -0.3 is 11.1 Å². The van der Waals surface area contributed by atoms with Crippen molar-refractivity contribution in [3.8, 4) is 0 Å². The van der Waals surface area contributed by atoms with Crippen LogP contribution in [0.15, 0.2) is 24.3 Å². The number of ketones is 1. The zero-order valence-electron chi connectivity index (χ0n) is 14.4. The van der Waals surface area contributed by atoms with Crippen LogP contribution in [0.4, 0.5) is 4.39 Å². The van der Waals surface area contributed by atoms with Gasteiger partial charge in [-0.15, -0.1) is 0 Å². The molecule has 1 amide bonds. The molecule has 2 unspecified atom stereocenters. The minimum atomic E-state index is -0.516. The molecule has 0 heterocycles. The number of carbonyl (C=O) groups excluding carboxylic acids is 2. The first kappa shape index (κ1) is 19.3. The van der Waals surface area contributed by atoms with Gasteiger partial charge in [-0.1, -0.05) is 32.9 Å². The summed E-state index contributed by atoms with van der Waals surface area (Å²) in [5, 5.41) is 2.93. The summed E-state index contributed by atoms with van der Waals surface area (Å²) in [5.74, 6) is -1.03. The summed E-state index contributed by atoms with van der Waals surface area (Å²) >= 11 is 0. The molecular weight excluding hydrogens is 295 g/mol. The summed E-state index contributed by atoms with van der Waals surface area (Å²) in [7, 11) is 0. The van der Waals surface area contributed by atoms with Crippen molar-refractivity contribution in [2.75, 3.05) is 6.54 Å². The molecule has 3 N–H and O–H groups in total. The molecule has 1 aromatic rings. The third kappa shape index (κ3) is 6.10. The average molecular weight is 322 g/mol. The lowest BCUT2D eigenvalue weighted by Gasteiger charge is -2.31. The summed E-state index contributed by atoms with van der Waals surface area (Å²) in [5.41, 5.74) is 5.59. The van der Waals surface area contributed by atoms with Crippen LogP contribution in [0.25, 0.3) is 0 Å². The summed E-state index contributed by atoms with van der Waals surface area (Å²) in [4.78, 5) is 24.5. The Morgan fingerprint density at radius 1 is 1.30 bits per heavy atom. The van der Waals surface area contributed by atoms with Gasteiger partial charge in [-0.3, -0.25) is 9.59 Å². The highest BCUT2D eigenvalue weighted by atomic mass is 19.1. The van der Waals surface area contributed by atoms with Crippen LogP contribution in [0.1, 0.15) is 50.9 Å². The third-order valence-electron chi connectivity index (χ3n) is 3.80. The van der Waals surface area contributed by atoms with E-state index in [1.165, 1.54) is 18.2 Å². The van der Waals surface area contributed by atoms with Crippen LogP contribution in [-0.2, 0) is 4.79 Å². The topological polar surface area (TPSA) is 72.2 Å². The first-order chi connectivity index (χ1) is 10.7. The molecule has 0 aliphatic carbocycles. The fraction of sp³-hybridized carbons (Fsp3) is 0.556. The number of benzene rings is 1. The van der Waals surface area contributed by atoms with Gasteiger partial charge >= 0.3 is 0 Å². The predicted octanol–water partition coefficient (Wildman–Crippen LogP) is 2.91. The van der Waals surface area contributed by atoms with E-state index in [9.17, 15) is 14.0 Å². The summed E-state index contributed by atoms with van der Waals surface area (Å²) in [6.07, 6.45) is 0.824. The monoisotopic (exact) mass is 322 g/mol. The van der Waals surface area contributed by atoms with Crippen LogP contribution in [0, 0.1) is 17.7 Å². The molecule has 1 aromatic carbocycles. The van der Waals surface area contributed by atoms with Crippen molar-refractivity contribution < 1.29 is 14.0 Å². The van der Waals surface area contributed by atoms with Gasteiger partial charge in [0.1, 0.15) is 5.82 Å². The molecular formula is C18H27FN2O2. The van der Waals surface area contributed by atoms with E-state index >= 15 is 0 Å². The molecule has 0 spiro atoms. The van der Waals surface area contributed by atoms with E-state index in [0.717, 1.165) is 6.42 Å². The second-order valence-electron chi connectivity index (χ2n) is 6.89. The predicted molar refractivity (Wildman–Crippen MR) is 89.6 cm³/mol. The number of amides is 1. The van der Waals surface area contributed by atoms with E-state index in [2.05, 4.69) is 19.2 Å². The first-order valence-electron chi connectivity index (χ1n) is 7.97. The van der Waals surface area contributed by atoms with Gasteiger partial charge in [0.25, 0.3) is 0 Å². The molecule has 4 nitrogen and oxygen atoms in total. The number of hydrogen-bond acceptors (Lipinski definition) is 3. The van der Waals surface area contributed by atoms with E-state index in [1.54, 1.807) is 13.0 Å². The number of nitrogens with two attached hydrogens (primary N) is 1. The molecule has 0 bridgehead atoms. The highest BCUT2D eigenvalue weighted by molar-refractivity contribution is 5.99. The molecule has 23 heavy (non-hydrogen) atoms. The largest absolute Gasteiger partial charge is 0.350 e. The van der Waals surface area contributed by atoms with Crippen molar-refractivity contribution in [3.05, 3.63) is 35.6 Å². The highest BCUT2D eigenvalue weighted by Crippen LogP contribution is 2.17. The highest BCUT2D eigenvalue weighted by Gasteiger charge is 2.27. The van der Waals surface area contributed by atoms with E-state index in [1.807, 2.05) is 6.92 Å². The van der Waals surface area contributed by atoms with Crippen LogP contribution in [0.2, 0.25) is 0 Å². The van der Waals surface area contributed by atoms with Gasteiger partial charge in [0.15, 0.2) is 5.78 Å². The van der Waals surface area contributed by atoms with E-state index in [4.69, 9.17) is 5.73 Å². The Labute approximate surface area is 137 Å². The molecule has 0 saturated heterocycles. The number of carbonyl (C=O) groups is 2. The lowest BCUT2D eigenvalue weighted by atomic mass is 9.89. The maximum Gasteiger partial charge on any atom is 0.221 e. The molecule has 0 radical (unpaired) electrons. The van der Waals surface area contributed by atoms with Crippen molar-refractivity contribution in [2.45, 2.75) is 46.1 Å². The second-order valence-corrected chi connectivity index (χ2v) is 6.89. The van der Waals surface area contributed by atoms with Crippen molar-refractivity contribution in [2.24, 2.45) is 17.6 Å². The van der Waals surface area contributed by atoms with Crippen molar-refractivity contribution in [3.63, 3.8) is 0 Å². The molecule has 128 valence electrons. The standard InChI is InChI=1S/C18H27FN2O2/c1-12(2)10-18(4,11-20)21-16(22)8-13(3)17(23)14-6-5-7-15(19)9-14/h5-7,9,12-13H,8,10-11,20H2,1-4H3,(H,21,22). The maximum atomic E-state index is 13.2. The van der Waals surface area contributed by atoms with E-state index in [-0.39, 0.29) is 23.7 Å². The SMILES string of the molecule is CC(C)CC(C)(CN)NC(=O)CC(C)C(=O)c1cccc(F)c1. The number of Topliss-reactive ketones (excluding diaryl/α,β-unsaturated/α-hetero) is 1. The van der Waals surface area contributed by atoms with Crippen LogP contribution in [0.3, 0.4) is 0 Å². The Kier molecular flexibility index (Phi) is 6.88. The third-order valence-corrected chi connectivity index (χ3v) is 3.80. The molecule has 1 rings (SSSR count). The molecule has 0 aliphatic rings. The molecule has 0 aliphatic heterocycles. The van der Waals surface area contributed by atoms with Gasteiger partial charge in [-0.2, -0.15) is 0 Å². The fourth-order valence-corrected chi connectivity index (χ4v) is 2.77. The Morgan fingerprint density at radius 2 is 1.96 bits per heavy atom. The Balaban J connectivity index is 2.67. The fourth-order valence-electron chi connectivity index (χ4n) is 2.77. The number of hydrogen-bond donors (Lipinski definition) is 2. The van der Waals surface area contributed by atoms with Gasteiger partial charge in [0.05, 0.1) is 0 Å². The summed E-state index contributed by atoms with van der Waals surface area (Å²) in [6.45, 7) is 8.05. The Bertz CT molecular complexity index is 560. The zero-order chi connectivity index (χ0) is 17.6. The first-order valence-corrected chi connectivity index (χ1v) is 7.97. The van der Waals surface area contributed by atoms with Crippen LogP contribution >= 0.6 is 0 Å². The Hall–Kier alpha value is -1.75. The van der Waals surface area contributed by atoms with Crippen LogP contribution in [0.5, 0.6) is 0 Å². The van der Waals surface area contributed by atoms with Gasteiger partial charge in [0.2, 0.25) is 5.91 Å². The van der Waals surface area contributed by atoms with Crippen molar-refractivity contribution in [1.29, 1.82) is 0 Å². The van der Waals surface area contributed by atoms with Gasteiger partial charge in [-0.05, 0) is 31.4 Å². The summed E-state index contributed by atoms with van der Waals surface area (Å²) < 4.78 is 13.2. The molecule has 0 saturated carbocycles. The van der Waals surface area contributed by atoms with Crippen molar-refractivity contribution >= 4 is 11.7 Å². The van der Waals surface area contributed by atoms with Crippen LogP contribution < -0.4 is 11.1 Å². The molecule has 0 aromatic heterocycles. The lowest BCUT2D eigenvalue weighted by Crippen LogP contribution is -2.52. The van der Waals surface area contributed by atoms with Gasteiger partial charge in [-0.25, -0.2) is 4.39 Å². The average Bonchev–Trinajstić information content (AvgIpc) is 2.45. The molecule has 0 fully saturated rings. The van der Waals surface area contributed by atoms with Gasteiger partial charge in [0, 0.05) is 30.0 Å².